The second-order valence-corrected chi connectivity index (χ2v) is 6.53. The first-order valence-corrected chi connectivity index (χ1v) is 7.73. The molecule has 116 valence electrons. The zero-order valence-electron chi connectivity index (χ0n) is 13.2. The second-order valence-electron chi connectivity index (χ2n) is 6.53. The first kappa shape index (κ1) is 14.8. The highest BCUT2D eigenvalue weighted by atomic mass is 16.7. The molecular formula is C17H25NO3. The van der Waals surface area contributed by atoms with E-state index >= 15 is 0 Å². The first-order valence-electron chi connectivity index (χ1n) is 7.73. The minimum Gasteiger partial charge on any atom is -0.508 e. The van der Waals surface area contributed by atoms with Crippen LogP contribution in [-0.2, 0) is 15.0 Å². The SMILES string of the molecule is Cc1ccc(C2(N(C)C)CCC3(CC2)OCCO3)cc1O. The molecule has 0 amide bonds. The summed E-state index contributed by atoms with van der Waals surface area (Å²) in [6, 6.07) is 6.07. The average molecular weight is 291 g/mol. The molecule has 1 aromatic carbocycles. The van der Waals surface area contributed by atoms with Crippen LogP contribution in [0.1, 0.15) is 36.8 Å². The van der Waals surface area contributed by atoms with Crippen molar-refractivity contribution in [1.82, 2.24) is 4.90 Å². The Morgan fingerprint density at radius 3 is 2.19 bits per heavy atom. The van der Waals surface area contributed by atoms with Gasteiger partial charge in [0.05, 0.1) is 13.2 Å². The maximum absolute atomic E-state index is 10.1. The van der Waals surface area contributed by atoms with Crippen LogP contribution in [0.2, 0.25) is 0 Å². The molecule has 0 radical (unpaired) electrons. The molecule has 0 atom stereocenters. The summed E-state index contributed by atoms with van der Waals surface area (Å²) >= 11 is 0. The smallest absolute Gasteiger partial charge is 0.168 e. The lowest BCUT2D eigenvalue weighted by molar-refractivity contribution is -0.193. The zero-order chi connectivity index (χ0) is 15.1. The van der Waals surface area contributed by atoms with Crippen LogP contribution in [0, 0.1) is 6.92 Å². The van der Waals surface area contributed by atoms with Crippen LogP contribution in [-0.4, -0.2) is 43.1 Å². The van der Waals surface area contributed by atoms with Gasteiger partial charge in [0, 0.05) is 18.4 Å². The highest BCUT2D eigenvalue weighted by molar-refractivity contribution is 5.39. The molecular weight excluding hydrogens is 266 g/mol. The van der Waals surface area contributed by atoms with E-state index in [-0.39, 0.29) is 11.3 Å². The number of aromatic hydroxyl groups is 1. The summed E-state index contributed by atoms with van der Waals surface area (Å²) in [6.07, 6.45) is 3.75. The van der Waals surface area contributed by atoms with Gasteiger partial charge in [-0.3, -0.25) is 4.90 Å². The number of hydrogen-bond donors (Lipinski definition) is 1. The summed E-state index contributed by atoms with van der Waals surface area (Å²) in [7, 11) is 4.23. The molecule has 1 aliphatic heterocycles. The number of nitrogens with zero attached hydrogens (tertiary/aromatic N) is 1. The van der Waals surface area contributed by atoms with Crippen molar-refractivity contribution in [2.75, 3.05) is 27.3 Å². The maximum Gasteiger partial charge on any atom is 0.168 e. The number of phenolic OH excluding ortho intramolecular Hbond substituents is 1. The minimum atomic E-state index is -0.355. The molecule has 1 spiro atoms. The summed E-state index contributed by atoms with van der Waals surface area (Å²) in [5.41, 5.74) is 2.05. The number of aryl methyl sites for hydroxylation is 1. The number of phenols is 1. The van der Waals surface area contributed by atoms with E-state index in [9.17, 15) is 5.11 Å². The van der Waals surface area contributed by atoms with Gasteiger partial charge in [0.25, 0.3) is 0 Å². The van der Waals surface area contributed by atoms with Gasteiger partial charge in [-0.15, -0.1) is 0 Å². The van der Waals surface area contributed by atoms with E-state index in [1.165, 1.54) is 5.56 Å². The zero-order valence-corrected chi connectivity index (χ0v) is 13.2. The molecule has 3 rings (SSSR count). The fraction of sp³-hybridized carbons (Fsp3) is 0.647. The van der Waals surface area contributed by atoms with E-state index in [0.29, 0.717) is 19.0 Å². The molecule has 1 N–H and O–H groups in total. The molecule has 4 heteroatoms. The lowest BCUT2D eigenvalue weighted by atomic mass is 9.73. The van der Waals surface area contributed by atoms with Gasteiger partial charge in [-0.05, 0) is 51.1 Å². The third-order valence-electron chi connectivity index (χ3n) is 5.26. The van der Waals surface area contributed by atoms with Gasteiger partial charge in [0.1, 0.15) is 5.75 Å². The highest BCUT2D eigenvalue weighted by Gasteiger charge is 2.48. The number of hydrogen-bond acceptors (Lipinski definition) is 4. The Morgan fingerprint density at radius 2 is 1.67 bits per heavy atom. The van der Waals surface area contributed by atoms with Gasteiger partial charge in [-0.25, -0.2) is 0 Å². The summed E-state index contributed by atoms with van der Waals surface area (Å²) in [6.45, 7) is 3.35. The fourth-order valence-corrected chi connectivity index (χ4v) is 3.72. The molecule has 1 saturated carbocycles. The van der Waals surface area contributed by atoms with Gasteiger partial charge in [0.15, 0.2) is 5.79 Å². The summed E-state index contributed by atoms with van der Waals surface area (Å²) in [4.78, 5) is 2.28. The topological polar surface area (TPSA) is 41.9 Å². The Kier molecular flexibility index (Phi) is 3.72. The van der Waals surface area contributed by atoms with Crippen LogP contribution >= 0.6 is 0 Å². The van der Waals surface area contributed by atoms with E-state index < -0.39 is 0 Å². The predicted molar refractivity (Wildman–Crippen MR) is 81.3 cm³/mol. The van der Waals surface area contributed by atoms with Gasteiger partial charge >= 0.3 is 0 Å². The van der Waals surface area contributed by atoms with Crippen molar-refractivity contribution >= 4 is 0 Å². The molecule has 1 aliphatic carbocycles. The van der Waals surface area contributed by atoms with Gasteiger partial charge in [-0.1, -0.05) is 12.1 Å². The van der Waals surface area contributed by atoms with Crippen molar-refractivity contribution in [1.29, 1.82) is 0 Å². The average Bonchev–Trinajstić information content (AvgIpc) is 2.91. The largest absolute Gasteiger partial charge is 0.508 e. The Bertz CT molecular complexity index is 511. The van der Waals surface area contributed by atoms with Crippen molar-refractivity contribution < 1.29 is 14.6 Å². The van der Waals surface area contributed by atoms with Crippen LogP contribution in [0.15, 0.2) is 18.2 Å². The summed E-state index contributed by atoms with van der Waals surface area (Å²) < 4.78 is 11.7. The molecule has 1 heterocycles. The minimum absolute atomic E-state index is 0.0499. The van der Waals surface area contributed by atoms with Crippen LogP contribution in [0.4, 0.5) is 0 Å². The molecule has 0 bridgehead atoms. The Hall–Kier alpha value is -1.10. The van der Waals surface area contributed by atoms with E-state index in [2.05, 4.69) is 25.1 Å². The van der Waals surface area contributed by atoms with E-state index in [1.54, 1.807) is 0 Å². The molecule has 0 aromatic heterocycles. The lowest BCUT2D eigenvalue weighted by Gasteiger charge is -2.48. The standard InChI is InChI=1S/C17H25NO3/c1-13-4-5-14(12-15(13)19)16(18(2)3)6-8-17(9-7-16)20-10-11-21-17/h4-5,12,19H,6-11H2,1-3H3. The van der Waals surface area contributed by atoms with E-state index in [4.69, 9.17) is 9.47 Å². The predicted octanol–water partition coefficient (Wildman–Crippen LogP) is 2.77. The fourth-order valence-electron chi connectivity index (χ4n) is 3.72. The van der Waals surface area contributed by atoms with Crippen LogP contribution in [0.3, 0.4) is 0 Å². The molecule has 0 unspecified atom stereocenters. The second kappa shape index (κ2) is 5.27. The van der Waals surface area contributed by atoms with Crippen molar-refractivity contribution in [3.63, 3.8) is 0 Å². The Morgan fingerprint density at radius 1 is 1.05 bits per heavy atom. The van der Waals surface area contributed by atoms with E-state index in [0.717, 1.165) is 31.2 Å². The molecule has 1 aromatic rings. The number of ether oxygens (including phenoxy) is 2. The highest BCUT2D eigenvalue weighted by Crippen LogP contribution is 2.47. The third kappa shape index (κ3) is 2.45. The molecule has 2 aliphatic rings. The molecule has 4 nitrogen and oxygen atoms in total. The van der Waals surface area contributed by atoms with Gasteiger partial charge < -0.3 is 14.6 Å². The number of rotatable bonds is 2. The van der Waals surface area contributed by atoms with Crippen LogP contribution < -0.4 is 0 Å². The molecule has 2 fully saturated rings. The van der Waals surface area contributed by atoms with E-state index in [1.807, 2.05) is 19.1 Å². The maximum atomic E-state index is 10.1. The molecule has 1 saturated heterocycles. The van der Waals surface area contributed by atoms with Crippen molar-refractivity contribution in [3.05, 3.63) is 29.3 Å². The Balaban J connectivity index is 1.89. The van der Waals surface area contributed by atoms with Crippen molar-refractivity contribution in [2.45, 2.75) is 43.9 Å². The Labute approximate surface area is 126 Å². The lowest BCUT2D eigenvalue weighted by Crippen LogP contribution is -2.49. The summed E-state index contributed by atoms with van der Waals surface area (Å²) in [5, 5.41) is 10.1. The quantitative estimate of drug-likeness (QED) is 0.910. The number of benzene rings is 1. The van der Waals surface area contributed by atoms with Crippen LogP contribution in [0.25, 0.3) is 0 Å². The first-order chi connectivity index (χ1) is 9.97. The van der Waals surface area contributed by atoms with Gasteiger partial charge in [0.2, 0.25) is 0 Å². The van der Waals surface area contributed by atoms with Crippen LogP contribution in [0.5, 0.6) is 5.75 Å². The van der Waals surface area contributed by atoms with Gasteiger partial charge in [-0.2, -0.15) is 0 Å². The monoisotopic (exact) mass is 291 g/mol. The van der Waals surface area contributed by atoms with Crippen molar-refractivity contribution in [2.24, 2.45) is 0 Å². The normalized spacial score (nSPS) is 23.8. The van der Waals surface area contributed by atoms with Crippen molar-refractivity contribution in [3.8, 4) is 5.75 Å². The third-order valence-corrected chi connectivity index (χ3v) is 5.26. The summed E-state index contributed by atoms with van der Waals surface area (Å²) in [5.74, 6) is 0.0223. The molecule has 21 heavy (non-hydrogen) atoms.